The molecule has 1 aromatic carbocycles. The number of carbonyl (C=O) groups is 4. The molecule has 32 heavy (non-hydrogen) atoms. The molecule has 1 aromatic rings. The molecule has 2 aliphatic rings. The van der Waals surface area contributed by atoms with Crippen molar-refractivity contribution in [2.45, 2.75) is 38.5 Å². The average molecular weight is 434 g/mol. The molecule has 0 bridgehead atoms. The van der Waals surface area contributed by atoms with Crippen molar-refractivity contribution in [2.24, 2.45) is 0 Å². The largest absolute Gasteiger partial charge is 0.333 e. The number of hydrogen-bond donors (Lipinski definition) is 0. The van der Waals surface area contributed by atoms with Gasteiger partial charge in [0.1, 0.15) is 0 Å². The summed E-state index contributed by atoms with van der Waals surface area (Å²) in [6, 6.07) is 7.65. The first kappa shape index (κ1) is 22.9. The van der Waals surface area contributed by atoms with E-state index in [1.54, 1.807) is 17.1 Å². The first-order valence-electron chi connectivity index (χ1n) is 10.6. The van der Waals surface area contributed by atoms with Gasteiger partial charge in [0.15, 0.2) is 0 Å². The highest BCUT2D eigenvalue weighted by Crippen LogP contribution is 2.28. The lowest BCUT2D eigenvalue weighted by atomic mass is 10.0. The predicted molar refractivity (Wildman–Crippen MR) is 121 cm³/mol. The second-order valence-corrected chi connectivity index (χ2v) is 7.51. The fourth-order valence-corrected chi connectivity index (χ4v) is 3.60. The van der Waals surface area contributed by atoms with Gasteiger partial charge in [0.05, 0.1) is 12.2 Å². The van der Waals surface area contributed by atoms with E-state index >= 15 is 0 Å². The summed E-state index contributed by atoms with van der Waals surface area (Å²) in [7, 11) is 0. The van der Waals surface area contributed by atoms with E-state index in [9.17, 15) is 19.2 Å². The maximum absolute atomic E-state index is 13.1. The molecule has 2 heterocycles. The topological polar surface area (TPSA) is 84.0 Å². The number of benzene rings is 1. The molecule has 2 aliphatic heterocycles. The van der Waals surface area contributed by atoms with Crippen LogP contribution in [0.3, 0.4) is 0 Å². The first-order valence-corrected chi connectivity index (χ1v) is 10.6. The summed E-state index contributed by atoms with van der Waals surface area (Å²) in [4.78, 5) is 54.7. The molecule has 3 amide bonds. The number of unbranched alkanes of at least 4 members (excludes halogenated alkanes) is 1. The zero-order chi connectivity index (χ0) is 23.1. The molecule has 0 saturated carbocycles. The van der Waals surface area contributed by atoms with E-state index in [-0.39, 0.29) is 31.6 Å². The minimum absolute atomic E-state index is 0.0160. The van der Waals surface area contributed by atoms with E-state index in [1.807, 2.05) is 36.4 Å². The Labute approximate surface area is 187 Å². The molecule has 0 aliphatic carbocycles. The lowest BCUT2D eigenvalue weighted by Crippen LogP contribution is -2.33. The van der Waals surface area contributed by atoms with E-state index in [0.717, 1.165) is 22.4 Å². The van der Waals surface area contributed by atoms with Crippen molar-refractivity contribution in [3.8, 4) is 0 Å². The van der Waals surface area contributed by atoms with Crippen LogP contribution in [0.15, 0.2) is 66.8 Å². The number of rotatable bonds is 8. The number of amides is 3. The fraction of sp³-hybridized carbons (Fsp3) is 0.280. The highest BCUT2D eigenvalue weighted by atomic mass is 16.7. The van der Waals surface area contributed by atoms with Gasteiger partial charge in [0, 0.05) is 25.7 Å². The van der Waals surface area contributed by atoms with Gasteiger partial charge in [-0.05, 0) is 35.6 Å². The van der Waals surface area contributed by atoms with Crippen molar-refractivity contribution in [1.82, 2.24) is 5.06 Å². The standard InChI is InChI=1S/C25H26N2O5/c1-3-18-13-14-20-9-5-6-10-21(20)26(17-19(18)4-2)22(28)11-7-8-12-25(31)32-27-23(29)15-16-24(27)30/h3-6,9-10,13-14H,1-2,7-8,11-12,15-17H2/b14-13-,19-18-. The Morgan fingerprint density at radius 3 is 2.34 bits per heavy atom. The molecule has 1 fully saturated rings. The van der Waals surface area contributed by atoms with Crippen molar-refractivity contribution in [2.75, 3.05) is 11.4 Å². The second-order valence-electron chi connectivity index (χ2n) is 7.51. The monoisotopic (exact) mass is 434 g/mol. The zero-order valence-corrected chi connectivity index (χ0v) is 17.9. The Balaban J connectivity index is 1.61. The molecule has 7 heteroatoms. The molecule has 0 N–H and O–H groups in total. The van der Waals surface area contributed by atoms with Gasteiger partial charge >= 0.3 is 5.97 Å². The zero-order valence-electron chi connectivity index (χ0n) is 17.9. The number of hydrogen-bond acceptors (Lipinski definition) is 5. The van der Waals surface area contributed by atoms with Gasteiger partial charge in [-0.15, -0.1) is 5.06 Å². The number of allylic oxidation sites excluding steroid dienone is 3. The number of hydroxylamine groups is 2. The first-order chi connectivity index (χ1) is 15.4. The number of anilines is 1. The molecule has 3 rings (SSSR count). The molecule has 0 radical (unpaired) electrons. The number of carbonyl (C=O) groups excluding carboxylic acids is 4. The smallest absolute Gasteiger partial charge is 0.330 e. The molecular weight excluding hydrogens is 408 g/mol. The summed E-state index contributed by atoms with van der Waals surface area (Å²) in [6.45, 7) is 8.09. The van der Waals surface area contributed by atoms with Crippen molar-refractivity contribution in [3.05, 3.63) is 72.4 Å². The Bertz CT molecular complexity index is 1000. The molecule has 0 aromatic heterocycles. The summed E-state index contributed by atoms with van der Waals surface area (Å²) in [5.41, 5.74) is 3.53. The third-order valence-corrected chi connectivity index (χ3v) is 5.36. The van der Waals surface area contributed by atoms with E-state index in [4.69, 9.17) is 4.84 Å². The lowest BCUT2D eigenvalue weighted by Gasteiger charge is -2.27. The van der Waals surface area contributed by atoms with Gasteiger partial charge < -0.3 is 9.74 Å². The summed E-state index contributed by atoms with van der Waals surface area (Å²) in [6.07, 6.45) is 8.62. The van der Waals surface area contributed by atoms with Gasteiger partial charge in [-0.2, -0.15) is 0 Å². The highest BCUT2D eigenvalue weighted by molar-refractivity contribution is 6.01. The fourth-order valence-electron chi connectivity index (χ4n) is 3.60. The quantitative estimate of drug-likeness (QED) is 0.458. The normalized spacial score (nSPS) is 19.1. The average Bonchev–Trinajstić information content (AvgIpc) is 3.09. The number of imide groups is 1. The van der Waals surface area contributed by atoms with Gasteiger partial charge in [0.2, 0.25) is 5.91 Å². The second kappa shape index (κ2) is 10.5. The molecule has 7 nitrogen and oxygen atoms in total. The van der Waals surface area contributed by atoms with Crippen LogP contribution < -0.4 is 4.90 Å². The van der Waals surface area contributed by atoms with Crippen LogP contribution in [0.1, 0.15) is 44.1 Å². The van der Waals surface area contributed by atoms with Crippen molar-refractivity contribution in [3.63, 3.8) is 0 Å². The lowest BCUT2D eigenvalue weighted by molar-refractivity contribution is -0.197. The molecule has 1 saturated heterocycles. The van der Waals surface area contributed by atoms with Crippen LogP contribution >= 0.6 is 0 Å². The van der Waals surface area contributed by atoms with Gasteiger partial charge in [-0.3, -0.25) is 14.4 Å². The summed E-state index contributed by atoms with van der Waals surface area (Å²) in [5, 5.41) is 0.540. The maximum Gasteiger partial charge on any atom is 0.333 e. The third-order valence-electron chi connectivity index (χ3n) is 5.36. The Hall–Kier alpha value is -3.74. The van der Waals surface area contributed by atoms with Crippen LogP contribution in [0.25, 0.3) is 6.08 Å². The van der Waals surface area contributed by atoms with E-state index < -0.39 is 17.8 Å². The van der Waals surface area contributed by atoms with Crippen molar-refractivity contribution >= 4 is 35.5 Å². The Kier molecular flexibility index (Phi) is 7.54. The van der Waals surface area contributed by atoms with Crippen LogP contribution in [0, 0.1) is 0 Å². The SMILES string of the molecule is C=CC1=C(\C=C)CN(C(=O)CCCCC(=O)ON2C(=O)CCC2=O)c2ccccc2/C=C\1. The van der Waals surface area contributed by atoms with Crippen LogP contribution in [-0.4, -0.2) is 35.3 Å². The number of nitrogens with zero attached hydrogens (tertiary/aromatic N) is 2. The molecule has 0 unspecified atom stereocenters. The van der Waals surface area contributed by atoms with Gasteiger partial charge in [0.25, 0.3) is 11.8 Å². The number of para-hydroxylation sites is 1. The molecular formula is C25H26N2O5. The van der Waals surface area contributed by atoms with Crippen LogP contribution in [0.4, 0.5) is 5.69 Å². The predicted octanol–water partition coefficient (Wildman–Crippen LogP) is 3.88. The highest BCUT2D eigenvalue weighted by Gasteiger charge is 2.32. The van der Waals surface area contributed by atoms with Crippen LogP contribution in [0.2, 0.25) is 0 Å². The van der Waals surface area contributed by atoms with Crippen molar-refractivity contribution in [1.29, 1.82) is 0 Å². The summed E-state index contributed by atoms with van der Waals surface area (Å²) in [5.74, 6) is -1.74. The van der Waals surface area contributed by atoms with Crippen LogP contribution in [-0.2, 0) is 24.0 Å². The van der Waals surface area contributed by atoms with Crippen molar-refractivity contribution < 1.29 is 24.0 Å². The van der Waals surface area contributed by atoms with E-state index in [1.165, 1.54) is 0 Å². The van der Waals surface area contributed by atoms with Gasteiger partial charge in [-0.25, -0.2) is 4.79 Å². The van der Waals surface area contributed by atoms with E-state index in [2.05, 4.69) is 13.2 Å². The van der Waals surface area contributed by atoms with E-state index in [0.29, 0.717) is 24.4 Å². The minimum Gasteiger partial charge on any atom is -0.330 e. The maximum atomic E-state index is 13.1. The molecule has 0 spiro atoms. The third kappa shape index (κ3) is 5.29. The summed E-state index contributed by atoms with van der Waals surface area (Å²) >= 11 is 0. The van der Waals surface area contributed by atoms with Gasteiger partial charge in [-0.1, -0.05) is 55.7 Å². The Morgan fingerprint density at radius 1 is 0.969 bits per heavy atom. The summed E-state index contributed by atoms with van der Waals surface area (Å²) < 4.78 is 0. The molecule has 166 valence electrons. The van der Waals surface area contributed by atoms with Crippen LogP contribution in [0.5, 0.6) is 0 Å². The minimum atomic E-state index is -0.657. The molecule has 0 atom stereocenters. The Morgan fingerprint density at radius 2 is 1.66 bits per heavy atom. The number of fused-ring (bicyclic) bond motifs is 1.